The number of aryl methyl sites for hydroxylation is 2. The van der Waals surface area contributed by atoms with Crippen LogP contribution in [-0.4, -0.2) is 6.29 Å². The molecule has 2 heteroatoms. The van der Waals surface area contributed by atoms with Gasteiger partial charge >= 0.3 is 0 Å². The molecule has 0 unspecified atom stereocenters. The lowest BCUT2D eigenvalue weighted by Crippen LogP contribution is -1.89. The summed E-state index contributed by atoms with van der Waals surface area (Å²) in [4.78, 5) is 10.4. The molecule has 0 aromatic heterocycles. The molecular weight excluding hydrogens is 251 g/mol. The summed E-state index contributed by atoms with van der Waals surface area (Å²) in [6, 6.07) is 3.81. The second-order valence-corrected chi connectivity index (χ2v) is 3.67. The highest BCUT2D eigenvalue weighted by molar-refractivity contribution is 14.1. The van der Waals surface area contributed by atoms with Gasteiger partial charge in [0.25, 0.3) is 0 Å². The first kappa shape index (κ1) is 8.71. The first-order valence-corrected chi connectivity index (χ1v) is 4.45. The molecule has 0 aliphatic carbocycles. The van der Waals surface area contributed by atoms with Crippen molar-refractivity contribution in [1.29, 1.82) is 0 Å². The minimum Gasteiger partial charge on any atom is -0.298 e. The van der Waals surface area contributed by atoms with Crippen molar-refractivity contribution in [2.45, 2.75) is 13.8 Å². The van der Waals surface area contributed by atoms with E-state index in [1.807, 2.05) is 26.0 Å². The van der Waals surface area contributed by atoms with E-state index in [-0.39, 0.29) is 0 Å². The second-order valence-electron chi connectivity index (χ2n) is 2.59. The molecule has 0 fully saturated rings. The third-order valence-corrected chi connectivity index (χ3v) is 3.30. The maximum absolute atomic E-state index is 10.4. The molecule has 11 heavy (non-hydrogen) atoms. The molecule has 0 atom stereocenters. The monoisotopic (exact) mass is 260 g/mol. The molecule has 0 saturated carbocycles. The van der Waals surface area contributed by atoms with Crippen molar-refractivity contribution in [2.75, 3.05) is 0 Å². The fourth-order valence-electron chi connectivity index (χ4n) is 1.05. The van der Waals surface area contributed by atoms with Crippen LogP contribution in [0.1, 0.15) is 21.5 Å². The highest BCUT2D eigenvalue weighted by Gasteiger charge is 2.00. The highest BCUT2D eigenvalue weighted by Crippen LogP contribution is 2.17. The van der Waals surface area contributed by atoms with Gasteiger partial charge in [0.05, 0.1) is 0 Å². The SMILES string of the molecule is Cc1cc(C=O)cc(C)c1I. The number of hydrogen-bond acceptors (Lipinski definition) is 1. The third-order valence-electron chi connectivity index (χ3n) is 1.59. The smallest absolute Gasteiger partial charge is 0.150 e. The normalized spacial score (nSPS) is 9.73. The maximum Gasteiger partial charge on any atom is 0.150 e. The van der Waals surface area contributed by atoms with Crippen molar-refractivity contribution in [3.05, 3.63) is 32.4 Å². The van der Waals surface area contributed by atoms with E-state index in [1.54, 1.807) is 0 Å². The molecule has 1 rings (SSSR count). The molecule has 0 spiro atoms. The molecule has 0 radical (unpaired) electrons. The van der Waals surface area contributed by atoms with Crippen LogP contribution in [-0.2, 0) is 0 Å². The molecule has 0 saturated heterocycles. The first-order valence-electron chi connectivity index (χ1n) is 3.37. The summed E-state index contributed by atoms with van der Waals surface area (Å²) in [5.41, 5.74) is 3.11. The topological polar surface area (TPSA) is 17.1 Å². The Morgan fingerprint density at radius 3 is 2.09 bits per heavy atom. The van der Waals surface area contributed by atoms with Crippen molar-refractivity contribution < 1.29 is 4.79 Å². The lowest BCUT2D eigenvalue weighted by atomic mass is 10.1. The molecule has 0 aliphatic rings. The van der Waals surface area contributed by atoms with Crippen LogP contribution < -0.4 is 0 Å². The van der Waals surface area contributed by atoms with Gasteiger partial charge in [0.15, 0.2) is 0 Å². The van der Waals surface area contributed by atoms with Crippen LogP contribution in [0.3, 0.4) is 0 Å². The van der Waals surface area contributed by atoms with Gasteiger partial charge < -0.3 is 0 Å². The predicted octanol–water partition coefficient (Wildman–Crippen LogP) is 2.72. The van der Waals surface area contributed by atoms with Crippen LogP contribution in [0.5, 0.6) is 0 Å². The van der Waals surface area contributed by atoms with Crippen molar-refractivity contribution in [3.8, 4) is 0 Å². The first-order chi connectivity index (χ1) is 5.15. The standard InChI is InChI=1S/C9H9IO/c1-6-3-8(5-11)4-7(2)9(6)10/h3-5H,1-2H3. The Labute approximate surface area is 79.9 Å². The Hall–Kier alpha value is -0.380. The van der Waals surface area contributed by atoms with Crippen molar-refractivity contribution in [3.63, 3.8) is 0 Å². The fourth-order valence-corrected chi connectivity index (χ4v) is 1.36. The Bertz CT molecular complexity index is 269. The quantitative estimate of drug-likeness (QED) is 0.560. The average molecular weight is 260 g/mol. The van der Waals surface area contributed by atoms with Gasteiger partial charge in [-0.1, -0.05) is 0 Å². The van der Waals surface area contributed by atoms with Crippen LogP contribution in [0.25, 0.3) is 0 Å². The fraction of sp³-hybridized carbons (Fsp3) is 0.222. The van der Waals surface area contributed by atoms with E-state index < -0.39 is 0 Å². The Morgan fingerprint density at radius 1 is 1.27 bits per heavy atom. The third kappa shape index (κ3) is 1.80. The van der Waals surface area contributed by atoms with Crippen molar-refractivity contribution in [1.82, 2.24) is 0 Å². The van der Waals surface area contributed by atoms with Crippen LogP contribution >= 0.6 is 22.6 Å². The Morgan fingerprint density at radius 2 is 1.73 bits per heavy atom. The molecule has 0 aliphatic heterocycles. The summed E-state index contributed by atoms with van der Waals surface area (Å²) in [6.45, 7) is 4.03. The van der Waals surface area contributed by atoms with Gasteiger partial charge in [0.1, 0.15) is 6.29 Å². The zero-order valence-corrected chi connectivity index (χ0v) is 8.68. The lowest BCUT2D eigenvalue weighted by molar-refractivity contribution is 0.112. The molecule has 58 valence electrons. The summed E-state index contributed by atoms with van der Waals surface area (Å²) >= 11 is 2.29. The molecular formula is C9H9IO. The average Bonchev–Trinajstić information content (AvgIpc) is 1.99. The number of aldehydes is 1. The van der Waals surface area contributed by atoms with E-state index in [9.17, 15) is 4.79 Å². The zero-order valence-electron chi connectivity index (χ0n) is 6.52. The second kappa shape index (κ2) is 3.34. The number of halogens is 1. The maximum atomic E-state index is 10.4. The summed E-state index contributed by atoms with van der Waals surface area (Å²) in [5.74, 6) is 0. The van der Waals surface area contributed by atoms with Crippen LogP contribution in [0, 0.1) is 17.4 Å². The molecule has 0 bridgehead atoms. The van der Waals surface area contributed by atoms with Gasteiger partial charge in [-0.15, -0.1) is 0 Å². The van der Waals surface area contributed by atoms with Gasteiger partial charge in [-0.2, -0.15) is 0 Å². The molecule has 1 aromatic rings. The molecule has 1 aromatic carbocycles. The minimum absolute atomic E-state index is 0.764. The van der Waals surface area contributed by atoms with E-state index in [2.05, 4.69) is 22.6 Å². The molecule has 0 heterocycles. The minimum atomic E-state index is 0.764. The van der Waals surface area contributed by atoms with E-state index >= 15 is 0 Å². The zero-order chi connectivity index (χ0) is 8.43. The summed E-state index contributed by atoms with van der Waals surface area (Å²) < 4.78 is 1.24. The van der Waals surface area contributed by atoms with E-state index in [1.165, 1.54) is 14.7 Å². The number of benzene rings is 1. The van der Waals surface area contributed by atoms with Gasteiger partial charge in [-0.05, 0) is 59.7 Å². The summed E-state index contributed by atoms with van der Waals surface area (Å²) in [5, 5.41) is 0. The van der Waals surface area contributed by atoms with Gasteiger partial charge in [0.2, 0.25) is 0 Å². The van der Waals surface area contributed by atoms with Crippen molar-refractivity contribution >= 4 is 28.9 Å². The number of carbonyl (C=O) groups excluding carboxylic acids is 1. The van der Waals surface area contributed by atoms with Gasteiger partial charge in [-0.25, -0.2) is 0 Å². The van der Waals surface area contributed by atoms with E-state index in [0.717, 1.165) is 11.8 Å². The number of hydrogen-bond donors (Lipinski definition) is 0. The predicted molar refractivity (Wildman–Crippen MR) is 54.0 cm³/mol. The molecule has 1 nitrogen and oxygen atoms in total. The van der Waals surface area contributed by atoms with Gasteiger partial charge in [-0.3, -0.25) is 4.79 Å². The molecule has 0 amide bonds. The van der Waals surface area contributed by atoms with Gasteiger partial charge in [0, 0.05) is 9.13 Å². The Kier molecular flexibility index (Phi) is 2.65. The lowest BCUT2D eigenvalue weighted by Gasteiger charge is -2.02. The summed E-state index contributed by atoms with van der Waals surface area (Å²) in [7, 11) is 0. The van der Waals surface area contributed by atoms with Crippen molar-refractivity contribution in [2.24, 2.45) is 0 Å². The van der Waals surface area contributed by atoms with Crippen LogP contribution in [0.15, 0.2) is 12.1 Å². The number of rotatable bonds is 1. The van der Waals surface area contributed by atoms with Crippen LogP contribution in [0.4, 0.5) is 0 Å². The number of carbonyl (C=O) groups is 1. The Balaban J connectivity index is 3.31. The van der Waals surface area contributed by atoms with E-state index in [0.29, 0.717) is 0 Å². The molecule has 0 N–H and O–H groups in total. The van der Waals surface area contributed by atoms with Crippen LogP contribution in [0.2, 0.25) is 0 Å². The highest BCUT2D eigenvalue weighted by atomic mass is 127. The van der Waals surface area contributed by atoms with E-state index in [4.69, 9.17) is 0 Å². The summed E-state index contributed by atoms with van der Waals surface area (Å²) in [6.07, 6.45) is 0.885. The largest absolute Gasteiger partial charge is 0.298 e.